The second-order valence-corrected chi connectivity index (χ2v) is 4.88. The van der Waals surface area contributed by atoms with E-state index in [-0.39, 0.29) is 35.8 Å². The number of hydrogen-bond donors (Lipinski definition) is 3. The molecule has 1 heterocycles. The molecule has 0 spiro atoms. The number of alkyl halides is 1. The Morgan fingerprint density at radius 3 is 2.82 bits per heavy atom. The number of amides is 3. The van der Waals surface area contributed by atoms with Crippen LogP contribution in [0.2, 0.25) is 0 Å². The van der Waals surface area contributed by atoms with Crippen molar-refractivity contribution in [3.63, 3.8) is 0 Å². The van der Waals surface area contributed by atoms with Crippen molar-refractivity contribution in [3.8, 4) is 0 Å². The van der Waals surface area contributed by atoms with Gasteiger partial charge in [-0.15, -0.1) is 0 Å². The van der Waals surface area contributed by atoms with Crippen LogP contribution in [0.4, 0.5) is 4.39 Å². The minimum absolute atomic E-state index is 0.0862. The van der Waals surface area contributed by atoms with E-state index in [4.69, 9.17) is 10.5 Å². The van der Waals surface area contributed by atoms with Gasteiger partial charge in [-0.2, -0.15) is 0 Å². The van der Waals surface area contributed by atoms with E-state index >= 15 is 0 Å². The van der Waals surface area contributed by atoms with E-state index in [1.165, 1.54) is 25.3 Å². The first-order valence-electron chi connectivity index (χ1n) is 6.64. The van der Waals surface area contributed by atoms with E-state index in [9.17, 15) is 18.8 Å². The van der Waals surface area contributed by atoms with E-state index in [1.54, 1.807) is 0 Å². The maximum atomic E-state index is 13.8. The molecule has 2 unspecified atom stereocenters. The number of nitrogens with one attached hydrogen (secondary N) is 2. The van der Waals surface area contributed by atoms with E-state index in [2.05, 4.69) is 10.6 Å². The second-order valence-electron chi connectivity index (χ2n) is 4.88. The predicted octanol–water partition coefficient (Wildman–Crippen LogP) is -0.441. The van der Waals surface area contributed by atoms with Crippen LogP contribution in [0.1, 0.15) is 12.8 Å². The average Bonchev–Trinajstić information content (AvgIpc) is 2.62. The van der Waals surface area contributed by atoms with Gasteiger partial charge in [0, 0.05) is 12.0 Å². The van der Waals surface area contributed by atoms with Gasteiger partial charge < -0.3 is 15.8 Å². The Morgan fingerprint density at radius 2 is 2.18 bits per heavy atom. The van der Waals surface area contributed by atoms with Gasteiger partial charge in [-0.3, -0.25) is 19.7 Å². The number of hydrogen-bond acceptors (Lipinski definition) is 5. The first-order chi connectivity index (χ1) is 10.4. The SMILES string of the molecule is COC1=CC(C(=O)NC2CCC(=O)NC2=O)=CC=C(N)C1F. The zero-order valence-corrected chi connectivity index (χ0v) is 11.9. The number of nitrogens with two attached hydrogens (primary N) is 1. The smallest absolute Gasteiger partial charge is 0.252 e. The molecule has 8 heteroatoms. The summed E-state index contributed by atoms with van der Waals surface area (Å²) in [5, 5.41) is 4.64. The molecule has 0 aromatic heterocycles. The first kappa shape index (κ1) is 15.7. The van der Waals surface area contributed by atoms with Gasteiger partial charge in [-0.05, 0) is 24.6 Å². The van der Waals surface area contributed by atoms with Crippen molar-refractivity contribution < 1.29 is 23.5 Å². The van der Waals surface area contributed by atoms with Gasteiger partial charge in [0.2, 0.25) is 11.8 Å². The summed E-state index contributed by atoms with van der Waals surface area (Å²) in [6.07, 6.45) is 2.56. The molecule has 2 aliphatic rings. The molecule has 1 fully saturated rings. The van der Waals surface area contributed by atoms with Gasteiger partial charge in [0.05, 0.1) is 12.8 Å². The molecule has 2 atom stereocenters. The number of carbonyl (C=O) groups is 3. The minimum atomic E-state index is -1.64. The summed E-state index contributed by atoms with van der Waals surface area (Å²) in [5.74, 6) is -1.62. The van der Waals surface area contributed by atoms with Crippen molar-refractivity contribution >= 4 is 17.7 Å². The molecule has 0 aromatic rings. The summed E-state index contributed by atoms with van der Waals surface area (Å²) in [7, 11) is 1.27. The van der Waals surface area contributed by atoms with Gasteiger partial charge in [-0.1, -0.05) is 0 Å². The van der Waals surface area contributed by atoms with Crippen molar-refractivity contribution in [1.29, 1.82) is 0 Å². The largest absolute Gasteiger partial charge is 0.498 e. The van der Waals surface area contributed by atoms with Crippen molar-refractivity contribution in [2.24, 2.45) is 5.73 Å². The lowest BCUT2D eigenvalue weighted by Gasteiger charge is -2.22. The van der Waals surface area contributed by atoms with Crippen molar-refractivity contribution in [2.75, 3.05) is 7.11 Å². The third kappa shape index (κ3) is 3.33. The molecule has 0 aromatic carbocycles. The maximum Gasteiger partial charge on any atom is 0.252 e. The number of rotatable bonds is 3. The second kappa shape index (κ2) is 6.42. The fourth-order valence-corrected chi connectivity index (χ4v) is 2.09. The summed E-state index contributed by atoms with van der Waals surface area (Å²) in [6.45, 7) is 0. The highest BCUT2D eigenvalue weighted by molar-refractivity contribution is 6.04. The molecule has 1 aliphatic heterocycles. The Balaban J connectivity index is 2.13. The van der Waals surface area contributed by atoms with Crippen LogP contribution in [0.25, 0.3) is 0 Å². The number of piperidine rings is 1. The van der Waals surface area contributed by atoms with Crippen LogP contribution in [-0.4, -0.2) is 37.0 Å². The van der Waals surface area contributed by atoms with E-state index in [0.29, 0.717) is 0 Å². The van der Waals surface area contributed by atoms with Crippen LogP contribution in [-0.2, 0) is 19.1 Å². The third-order valence-corrected chi connectivity index (χ3v) is 3.34. The highest BCUT2D eigenvalue weighted by atomic mass is 19.1. The van der Waals surface area contributed by atoms with E-state index < -0.39 is 24.0 Å². The number of methoxy groups -OCH3 is 1. The van der Waals surface area contributed by atoms with Gasteiger partial charge >= 0.3 is 0 Å². The van der Waals surface area contributed by atoms with Gasteiger partial charge in [-0.25, -0.2) is 4.39 Å². The fraction of sp³-hybridized carbons (Fsp3) is 0.357. The van der Waals surface area contributed by atoms with Crippen LogP contribution in [0.3, 0.4) is 0 Å². The summed E-state index contributed by atoms with van der Waals surface area (Å²) >= 11 is 0. The Labute approximate surface area is 126 Å². The fourth-order valence-electron chi connectivity index (χ4n) is 2.09. The minimum Gasteiger partial charge on any atom is -0.498 e. The van der Waals surface area contributed by atoms with Crippen LogP contribution in [0.15, 0.2) is 35.3 Å². The van der Waals surface area contributed by atoms with Gasteiger partial charge in [0.25, 0.3) is 5.91 Å². The van der Waals surface area contributed by atoms with E-state index in [0.717, 1.165) is 0 Å². The number of halogens is 1. The number of carbonyl (C=O) groups excluding carboxylic acids is 3. The lowest BCUT2D eigenvalue weighted by Crippen LogP contribution is -2.52. The lowest BCUT2D eigenvalue weighted by atomic mass is 10.1. The van der Waals surface area contributed by atoms with Gasteiger partial charge in [0.15, 0.2) is 6.17 Å². The Hall–Kier alpha value is -2.64. The van der Waals surface area contributed by atoms with Crippen molar-refractivity contribution in [1.82, 2.24) is 10.6 Å². The first-order valence-corrected chi connectivity index (χ1v) is 6.64. The van der Waals surface area contributed by atoms with Crippen LogP contribution < -0.4 is 16.4 Å². The Kier molecular flexibility index (Phi) is 4.59. The molecule has 4 N–H and O–H groups in total. The van der Waals surface area contributed by atoms with Crippen molar-refractivity contribution in [2.45, 2.75) is 25.1 Å². The standard InChI is InChI=1S/C14H16FN3O4/c1-22-10-6-7(2-3-8(16)12(10)15)13(20)17-9-4-5-11(19)18-14(9)21/h2-3,6,9,12H,4-5,16H2,1H3,(H,17,20)(H,18,19,21). The summed E-state index contributed by atoms with van der Waals surface area (Å²) in [6, 6.07) is -0.809. The summed E-state index contributed by atoms with van der Waals surface area (Å²) < 4.78 is 18.7. The molecule has 2 rings (SSSR count). The summed E-state index contributed by atoms with van der Waals surface area (Å²) in [4.78, 5) is 34.9. The molecule has 1 aliphatic carbocycles. The third-order valence-electron chi connectivity index (χ3n) is 3.34. The van der Waals surface area contributed by atoms with E-state index in [1.807, 2.05) is 0 Å². The highest BCUT2D eigenvalue weighted by Gasteiger charge is 2.29. The Morgan fingerprint density at radius 1 is 1.45 bits per heavy atom. The molecular formula is C14H16FN3O4. The number of ether oxygens (including phenoxy) is 1. The summed E-state index contributed by atoms with van der Waals surface area (Å²) in [5.41, 5.74) is 5.53. The quantitative estimate of drug-likeness (QED) is 0.612. The monoisotopic (exact) mass is 309 g/mol. The molecular weight excluding hydrogens is 293 g/mol. The van der Waals surface area contributed by atoms with Crippen LogP contribution in [0.5, 0.6) is 0 Å². The van der Waals surface area contributed by atoms with Crippen LogP contribution >= 0.6 is 0 Å². The molecule has 3 amide bonds. The maximum absolute atomic E-state index is 13.8. The van der Waals surface area contributed by atoms with Crippen molar-refractivity contribution in [3.05, 3.63) is 35.3 Å². The molecule has 22 heavy (non-hydrogen) atoms. The zero-order valence-electron chi connectivity index (χ0n) is 11.9. The van der Waals surface area contributed by atoms with Crippen LogP contribution in [0, 0.1) is 0 Å². The highest BCUT2D eigenvalue weighted by Crippen LogP contribution is 2.20. The molecule has 1 saturated heterocycles. The predicted molar refractivity (Wildman–Crippen MR) is 74.7 cm³/mol. The molecule has 0 saturated carbocycles. The van der Waals surface area contributed by atoms with Gasteiger partial charge in [0.1, 0.15) is 11.8 Å². The molecule has 118 valence electrons. The molecule has 0 radical (unpaired) electrons. The average molecular weight is 309 g/mol. The number of imide groups is 1. The molecule has 0 bridgehead atoms. The normalized spacial score (nSPS) is 25.3. The number of allylic oxidation sites excluding steroid dienone is 2. The zero-order chi connectivity index (χ0) is 16.3. The molecule has 7 nitrogen and oxygen atoms in total. The lowest BCUT2D eigenvalue weighted by molar-refractivity contribution is -0.136. The topological polar surface area (TPSA) is 111 Å². The Bertz CT molecular complexity index is 609.